The first kappa shape index (κ1) is 28.5. The molecule has 0 heterocycles. The van der Waals surface area contributed by atoms with E-state index in [0.717, 1.165) is 0 Å². The zero-order valence-electron chi connectivity index (χ0n) is 20.1. The van der Waals surface area contributed by atoms with Crippen LogP contribution in [0.5, 0.6) is 0 Å². The van der Waals surface area contributed by atoms with Gasteiger partial charge in [0.05, 0.1) is 23.8 Å². The summed E-state index contributed by atoms with van der Waals surface area (Å²) in [4.78, 5) is 15.5. The normalized spacial score (nSPS) is 15.4. The monoisotopic (exact) mass is 462 g/mol. The average molecular weight is 462 g/mol. The molecule has 0 N–H and O–H groups in total. The zero-order valence-corrected chi connectivity index (χ0v) is 21.0. The summed E-state index contributed by atoms with van der Waals surface area (Å²) in [5.41, 5.74) is 0.466. The Hall–Kier alpha value is -1.49. The molecule has 0 bridgehead atoms. The summed E-state index contributed by atoms with van der Waals surface area (Å²) in [5.74, 6) is -0.441. The summed E-state index contributed by atoms with van der Waals surface area (Å²) in [5, 5.41) is 0. The number of hydrogen-bond acceptors (Lipinski definition) is 6. The molecule has 1 rings (SSSR count). The van der Waals surface area contributed by atoms with E-state index in [1.807, 2.05) is 19.9 Å². The van der Waals surface area contributed by atoms with E-state index < -0.39 is 20.5 Å². The molecule has 0 aliphatic carbocycles. The lowest BCUT2D eigenvalue weighted by atomic mass is 10.0. The summed E-state index contributed by atoms with van der Waals surface area (Å²) in [7, 11) is 4.69. The maximum Gasteiger partial charge on any atom is 0.338 e. The van der Waals surface area contributed by atoms with E-state index >= 15 is 0 Å². The van der Waals surface area contributed by atoms with E-state index in [4.69, 9.17) is 32.9 Å². The third kappa shape index (κ3) is 9.98. The van der Waals surface area contributed by atoms with Gasteiger partial charge in [0.25, 0.3) is 8.53 Å². The standard InChI is InChI=1S/C23H36BN2O5P/c1-8-21(30-22(24)16-28-23(27)20-12-10-9-11-13-20)19(6)31-32(29-15-14-25-7)26(17(2)3)18(4)5/h9-13,17-19,21-22H,8,14-16H2,1-6H3/t19-,21-,22?,32?/m1/s1. The topological polar surface area (TPSA) is 61.6 Å². The lowest BCUT2D eigenvalue weighted by Crippen LogP contribution is -2.38. The number of nitrogens with zero attached hydrogens (tertiary/aromatic N) is 2. The lowest BCUT2D eigenvalue weighted by Gasteiger charge is -2.38. The SMILES string of the molecule is [B]C(COC(=O)c1ccccc1)O[C@H](CC)[C@@H](C)OP(OCC[N+]#[C-])N(C(C)C)C(C)C. The van der Waals surface area contributed by atoms with Gasteiger partial charge in [-0.15, -0.1) is 0 Å². The van der Waals surface area contributed by atoms with Gasteiger partial charge in [0.15, 0.2) is 0 Å². The molecule has 0 spiro atoms. The Kier molecular flexibility index (Phi) is 13.7. The number of hydrogen-bond donors (Lipinski definition) is 0. The molecule has 1 aromatic rings. The van der Waals surface area contributed by atoms with Gasteiger partial charge in [-0.2, -0.15) is 0 Å². The minimum absolute atomic E-state index is 0.0582. The third-order valence-corrected chi connectivity index (χ3v) is 6.79. The first-order valence-electron chi connectivity index (χ1n) is 11.1. The highest BCUT2D eigenvalue weighted by molar-refractivity contribution is 7.44. The highest BCUT2D eigenvalue weighted by Crippen LogP contribution is 2.47. The number of esters is 1. The molecule has 32 heavy (non-hydrogen) atoms. The van der Waals surface area contributed by atoms with Crippen LogP contribution in [-0.4, -0.2) is 68.5 Å². The van der Waals surface area contributed by atoms with E-state index in [1.165, 1.54) is 0 Å². The summed E-state index contributed by atoms with van der Waals surface area (Å²) in [6, 6.07) is 8.39. The van der Waals surface area contributed by atoms with Gasteiger partial charge < -0.3 is 23.4 Å². The van der Waals surface area contributed by atoms with Crippen LogP contribution >= 0.6 is 8.53 Å². The van der Waals surface area contributed by atoms with Gasteiger partial charge in [-0.05, 0) is 53.2 Å². The van der Waals surface area contributed by atoms with Crippen LogP contribution in [0.2, 0.25) is 0 Å². The second kappa shape index (κ2) is 15.4. The number of rotatable bonds is 15. The van der Waals surface area contributed by atoms with Crippen LogP contribution in [0.15, 0.2) is 30.3 Å². The van der Waals surface area contributed by atoms with Gasteiger partial charge in [-0.1, -0.05) is 25.1 Å². The van der Waals surface area contributed by atoms with Gasteiger partial charge in [-0.3, -0.25) is 0 Å². The Bertz CT molecular complexity index is 693. The van der Waals surface area contributed by atoms with Crippen molar-refractivity contribution in [2.45, 2.75) is 78.3 Å². The first-order valence-corrected chi connectivity index (χ1v) is 12.2. The van der Waals surface area contributed by atoms with E-state index in [2.05, 4.69) is 37.2 Å². The molecule has 7 nitrogen and oxygen atoms in total. The van der Waals surface area contributed by atoms with Gasteiger partial charge in [0, 0.05) is 12.1 Å². The maximum atomic E-state index is 12.1. The Balaban J connectivity index is 2.70. The summed E-state index contributed by atoms with van der Waals surface area (Å²) in [6.45, 7) is 19.8. The van der Waals surface area contributed by atoms with Crippen molar-refractivity contribution in [1.82, 2.24) is 4.67 Å². The fourth-order valence-corrected chi connectivity index (χ4v) is 4.83. The van der Waals surface area contributed by atoms with Crippen LogP contribution in [-0.2, 0) is 18.5 Å². The molecule has 4 atom stereocenters. The van der Waals surface area contributed by atoms with Gasteiger partial charge in [0.2, 0.25) is 6.54 Å². The Morgan fingerprint density at radius 3 is 2.31 bits per heavy atom. The predicted octanol–water partition coefficient (Wildman–Crippen LogP) is 4.82. The molecule has 0 saturated heterocycles. The van der Waals surface area contributed by atoms with Gasteiger partial charge in [-0.25, -0.2) is 16.0 Å². The highest BCUT2D eigenvalue weighted by atomic mass is 31.2. The fraction of sp³-hybridized carbons (Fsp3) is 0.652. The molecule has 0 aromatic heterocycles. The fourth-order valence-electron chi connectivity index (χ4n) is 3.12. The maximum absolute atomic E-state index is 12.1. The van der Waals surface area contributed by atoms with Crippen molar-refractivity contribution in [3.63, 3.8) is 0 Å². The van der Waals surface area contributed by atoms with Crippen molar-refractivity contribution in [2.24, 2.45) is 0 Å². The number of carbonyl (C=O) groups excluding carboxylic acids is 1. The van der Waals surface area contributed by atoms with Crippen LogP contribution < -0.4 is 0 Å². The van der Waals surface area contributed by atoms with Crippen molar-refractivity contribution in [3.8, 4) is 0 Å². The Morgan fingerprint density at radius 1 is 1.16 bits per heavy atom. The molecule has 2 radical (unpaired) electrons. The number of ether oxygens (including phenoxy) is 2. The Labute approximate surface area is 195 Å². The lowest BCUT2D eigenvalue weighted by molar-refractivity contribution is -0.0573. The van der Waals surface area contributed by atoms with Crippen LogP contribution in [0, 0.1) is 6.57 Å². The number of benzene rings is 1. The van der Waals surface area contributed by atoms with E-state index in [9.17, 15) is 4.79 Å². The minimum atomic E-state index is -1.38. The van der Waals surface area contributed by atoms with Gasteiger partial charge in [0.1, 0.15) is 21.1 Å². The summed E-state index contributed by atoms with van der Waals surface area (Å²) < 4.78 is 25.7. The summed E-state index contributed by atoms with van der Waals surface area (Å²) >= 11 is 0. The third-order valence-electron chi connectivity index (χ3n) is 4.57. The van der Waals surface area contributed by atoms with Crippen molar-refractivity contribution in [3.05, 3.63) is 47.3 Å². The Morgan fingerprint density at radius 2 is 1.78 bits per heavy atom. The van der Waals surface area contributed by atoms with Crippen LogP contribution in [0.25, 0.3) is 4.85 Å². The van der Waals surface area contributed by atoms with Gasteiger partial charge >= 0.3 is 5.97 Å². The minimum Gasteiger partial charge on any atom is -0.460 e. The van der Waals surface area contributed by atoms with E-state index in [0.29, 0.717) is 18.6 Å². The van der Waals surface area contributed by atoms with E-state index in [1.54, 1.807) is 24.3 Å². The summed E-state index contributed by atoms with van der Waals surface area (Å²) in [6.07, 6.45) is 0.0433. The zero-order chi connectivity index (χ0) is 24.1. The second-order valence-electron chi connectivity index (χ2n) is 7.92. The molecule has 0 saturated carbocycles. The largest absolute Gasteiger partial charge is 0.460 e. The molecule has 1 aromatic carbocycles. The molecule has 176 valence electrons. The highest BCUT2D eigenvalue weighted by Gasteiger charge is 2.31. The molecular formula is C23H36BN2O5P. The molecule has 9 heteroatoms. The molecule has 0 aliphatic heterocycles. The number of carbonyl (C=O) groups is 1. The molecule has 0 amide bonds. The predicted molar refractivity (Wildman–Crippen MR) is 128 cm³/mol. The van der Waals surface area contributed by atoms with Crippen molar-refractivity contribution >= 4 is 22.3 Å². The van der Waals surface area contributed by atoms with Crippen molar-refractivity contribution < 1.29 is 23.3 Å². The van der Waals surface area contributed by atoms with Crippen molar-refractivity contribution in [1.29, 1.82) is 0 Å². The van der Waals surface area contributed by atoms with Crippen LogP contribution in [0.1, 0.15) is 58.3 Å². The first-order chi connectivity index (χ1) is 15.2. The smallest absolute Gasteiger partial charge is 0.338 e. The van der Waals surface area contributed by atoms with E-state index in [-0.39, 0.29) is 37.4 Å². The molecule has 2 unspecified atom stereocenters. The quantitative estimate of drug-likeness (QED) is 0.123. The molecular weight excluding hydrogens is 426 g/mol. The average Bonchev–Trinajstić information content (AvgIpc) is 2.75. The second-order valence-corrected chi connectivity index (χ2v) is 9.32. The molecule has 0 fully saturated rings. The van der Waals surface area contributed by atoms with Crippen molar-refractivity contribution in [2.75, 3.05) is 19.8 Å². The van der Waals surface area contributed by atoms with Crippen LogP contribution in [0.4, 0.5) is 0 Å². The molecule has 0 aliphatic rings. The van der Waals surface area contributed by atoms with Crippen LogP contribution in [0.3, 0.4) is 0 Å².